The second-order valence-electron chi connectivity index (χ2n) is 5.30. The summed E-state index contributed by atoms with van der Waals surface area (Å²) in [5.41, 5.74) is 7.39. The molecule has 1 aromatic carbocycles. The fraction of sp³-hybridized carbons (Fsp3) is 0.533. The van der Waals surface area contributed by atoms with E-state index in [0.29, 0.717) is 17.9 Å². The Morgan fingerprint density at radius 2 is 2.25 bits per heavy atom. The number of carbonyl (C=O) groups excluding carboxylic acids is 1. The van der Waals surface area contributed by atoms with Crippen molar-refractivity contribution in [3.63, 3.8) is 0 Å². The number of likely N-dealkylation sites (tertiary alicyclic amines) is 1. The van der Waals surface area contributed by atoms with Crippen LogP contribution in [-0.4, -0.2) is 40.4 Å². The van der Waals surface area contributed by atoms with Crippen LogP contribution in [0.4, 0.5) is 0 Å². The molecule has 1 aliphatic heterocycles. The van der Waals surface area contributed by atoms with E-state index < -0.39 is 10.8 Å². The maximum Gasteiger partial charge on any atom is 0.254 e. The van der Waals surface area contributed by atoms with E-state index in [1.165, 1.54) is 0 Å². The van der Waals surface area contributed by atoms with Crippen LogP contribution < -0.4 is 5.73 Å². The van der Waals surface area contributed by atoms with Crippen molar-refractivity contribution in [2.75, 3.05) is 19.3 Å². The van der Waals surface area contributed by atoms with Crippen molar-refractivity contribution in [1.82, 2.24) is 4.90 Å². The molecule has 0 saturated carbocycles. The second kappa shape index (κ2) is 6.99. The zero-order valence-electron chi connectivity index (χ0n) is 11.9. The van der Waals surface area contributed by atoms with Crippen LogP contribution in [-0.2, 0) is 16.6 Å². The number of rotatable bonds is 4. The van der Waals surface area contributed by atoms with Gasteiger partial charge in [0.15, 0.2) is 0 Å². The van der Waals surface area contributed by atoms with Gasteiger partial charge in [-0.25, -0.2) is 0 Å². The minimum Gasteiger partial charge on any atom is -0.334 e. The summed E-state index contributed by atoms with van der Waals surface area (Å²) in [6, 6.07) is 7.60. The van der Waals surface area contributed by atoms with E-state index in [0.717, 1.165) is 31.4 Å². The zero-order chi connectivity index (χ0) is 14.5. The quantitative estimate of drug-likeness (QED) is 0.915. The van der Waals surface area contributed by atoms with Gasteiger partial charge in [-0.2, -0.15) is 0 Å². The highest BCUT2D eigenvalue weighted by Gasteiger charge is 2.26. The summed E-state index contributed by atoms with van der Waals surface area (Å²) in [6.07, 6.45) is 4.84. The van der Waals surface area contributed by atoms with Crippen LogP contribution in [0.25, 0.3) is 0 Å². The molecular weight excluding hydrogens is 272 g/mol. The predicted molar refractivity (Wildman–Crippen MR) is 81.9 cm³/mol. The Bertz CT molecular complexity index is 504. The Labute approximate surface area is 122 Å². The maximum absolute atomic E-state index is 12.6. The van der Waals surface area contributed by atoms with Crippen LogP contribution in [0.5, 0.6) is 0 Å². The van der Waals surface area contributed by atoms with Gasteiger partial charge in [0.2, 0.25) is 0 Å². The van der Waals surface area contributed by atoms with Crippen LogP contribution in [0.2, 0.25) is 0 Å². The van der Waals surface area contributed by atoms with E-state index >= 15 is 0 Å². The third-order valence-electron chi connectivity index (χ3n) is 3.70. The van der Waals surface area contributed by atoms with Gasteiger partial charge in [0.25, 0.3) is 5.91 Å². The SMILES string of the molecule is CS(=O)Cc1cccc(C(=O)N2CCCCC2CN)c1. The van der Waals surface area contributed by atoms with E-state index in [9.17, 15) is 9.00 Å². The summed E-state index contributed by atoms with van der Waals surface area (Å²) >= 11 is 0. The first-order valence-corrected chi connectivity index (χ1v) is 8.74. The Kier molecular flexibility index (Phi) is 5.31. The molecule has 2 atom stereocenters. The lowest BCUT2D eigenvalue weighted by atomic mass is 10.0. The Balaban J connectivity index is 2.17. The maximum atomic E-state index is 12.6. The largest absolute Gasteiger partial charge is 0.334 e. The van der Waals surface area contributed by atoms with Crippen LogP contribution in [0.1, 0.15) is 35.2 Å². The number of amides is 1. The average molecular weight is 294 g/mol. The molecule has 0 aromatic heterocycles. The van der Waals surface area contributed by atoms with Gasteiger partial charge in [0, 0.05) is 47.5 Å². The lowest BCUT2D eigenvalue weighted by Gasteiger charge is -2.35. The van der Waals surface area contributed by atoms with Crippen molar-refractivity contribution in [2.45, 2.75) is 31.1 Å². The number of piperidine rings is 1. The molecule has 1 aliphatic rings. The van der Waals surface area contributed by atoms with E-state index in [1.807, 2.05) is 29.2 Å². The van der Waals surface area contributed by atoms with Crippen molar-refractivity contribution in [1.29, 1.82) is 0 Å². The molecule has 2 rings (SSSR count). The number of nitrogens with two attached hydrogens (primary N) is 1. The normalized spacial score (nSPS) is 20.7. The van der Waals surface area contributed by atoms with Crippen LogP contribution in [0.3, 0.4) is 0 Å². The monoisotopic (exact) mass is 294 g/mol. The van der Waals surface area contributed by atoms with Gasteiger partial charge in [0.05, 0.1) is 0 Å². The first-order valence-electron chi connectivity index (χ1n) is 7.02. The molecule has 1 saturated heterocycles. The van der Waals surface area contributed by atoms with Crippen molar-refractivity contribution < 1.29 is 9.00 Å². The van der Waals surface area contributed by atoms with Gasteiger partial charge >= 0.3 is 0 Å². The molecule has 0 aliphatic carbocycles. The smallest absolute Gasteiger partial charge is 0.254 e. The fourth-order valence-corrected chi connectivity index (χ4v) is 3.36. The third-order valence-corrected chi connectivity index (χ3v) is 4.44. The first kappa shape index (κ1) is 15.2. The van der Waals surface area contributed by atoms with E-state index in [2.05, 4.69) is 0 Å². The molecule has 0 radical (unpaired) electrons. The van der Waals surface area contributed by atoms with Gasteiger partial charge in [-0.15, -0.1) is 0 Å². The molecule has 1 heterocycles. The van der Waals surface area contributed by atoms with Crippen LogP contribution in [0, 0.1) is 0 Å². The average Bonchev–Trinajstić information content (AvgIpc) is 2.46. The molecule has 1 amide bonds. The molecule has 110 valence electrons. The summed E-state index contributed by atoms with van der Waals surface area (Å²) in [7, 11) is -0.896. The van der Waals surface area contributed by atoms with Crippen molar-refractivity contribution >= 4 is 16.7 Å². The van der Waals surface area contributed by atoms with E-state index in [1.54, 1.807) is 6.26 Å². The number of benzene rings is 1. The zero-order valence-corrected chi connectivity index (χ0v) is 12.7. The minimum absolute atomic E-state index is 0.0453. The number of hydrogen-bond donors (Lipinski definition) is 1. The standard InChI is InChI=1S/C15H22N2O2S/c1-20(19)11-12-5-4-6-13(9-12)15(18)17-8-3-2-7-14(17)10-16/h4-6,9,14H,2-3,7-8,10-11,16H2,1H3. The number of nitrogens with zero attached hydrogens (tertiary/aromatic N) is 1. The van der Waals surface area contributed by atoms with Crippen molar-refractivity contribution in [3.05, 3.63) is 35.4 Å². The minimum atomic E-state index is -0.896. The molecule has 1 aromatic rings. The predicted octanol–water partition coefficient (Wildman–Crippen LogP) is 1.52. The molecule has 0 bridgehead atoms. The summed E-state index contributed by atoms with van der Waals surface area (Å²) in [5.74, 6) is 0.533. The van der Waals surface area contributed by atoms with Gasteiger partial charge in [-0.3, -0.25) is 9.00 Å². The summed E-state index contributed by atoms with van der Waals surface area (Å²) in [6.45, 7) is 1.30. The van der Waals surface area contributed by atoms with Gasteiger partial charge in [-0.1, -0.05) is 12.1 Å². The lowest BCUT2D eigenvalue weighted by molar-refractivity contribution is 0.0623. The molecule has 1 fully saturated rings. The molecule has 4 nitrogen and oxygen atoms in total. The van der Waals surface area contributed by atoms with Gasteiger partial charge in [0.1, 0.15) is 0 Å². The van der Waals surface area contributed by atoms with Gasteiger partial charge < -0.3 is 10.6 Å². The highest BCUT2D eigenvalue weighted by molar-refractivity contribution is 7.83. The van der Waals surface area contributed by atoms with Crippen molar-refractivity contribution in [2.24, 2.45) is 5.73 Å². The number of carbonyl (C=O) groups is 1. The Hall–Kier alpha value is -1.20. The summed E-state index contributed by atoms with van der Waals surface area (Å²) < 4.78 is 11.3. The summed E-state index contributed by atoms with van der Waals surface area (Å²) in [4.78, 5) is 14.5. The van der Waals surface area contributed by atoms with E-state index in [-0.39, 0.29) is 11.9 Å². The van der Waals surface area contributed by atoms with Crippen LogP contribution >= 0.6 is 0 Å². The number of hydrogen-bond acceptors (Lipinski definition) is 3. The highest BCUT2D eigenvalue weighted by atomic mass is 32.2. The molecular formula is C15H22N2O2S. The molecule has 2 N–H and O–H groups in total. The Morgan fingerprint density at radius 1 is 1.45 bits per heavy atom. The fourth-order valence-electron chi connectivity index (χ4n) is 2.71. The highest BCUT2D eigenvalue weighted by Crippen LogP contribution is 2.19. The van der Waals surface area contributed by atoms with E-state index in [4.69, 9.17) is 5.73 Å². The van der Waals surface area contributed by atoms with Gasteiger partial charge in [-0.05, 0) is 37.0 Å². The summed E-state index contributed by atoms with van der Waals surface area (Å²) in [5, 5.41) is 0. The molecule has 20 heavy (non-hydrogen) atoms. The van der Waals surface area contributed by atoms with Crippen molar-refractivity contribution in [3.8, 4) is 0 Å². The third kappa shape index (κ3) is 3.67. The molecule has 5 heteroatoms. The topological polar surface area (TPSA) is 63.4 Å². The van der Waals surface area contributed by atoms with Crippen LogP contribution in [0.15, 0.2) is 24.3 Å². The molecule has 2 unspecified atom stereocenters. The second-order valence-corrected chi connectivity index (χ2v) is 6.74. The Morgan fingerprint density at radius 3 is 2.95 bits per heavy atom. The lowest BCUT2D eigenvalue weighted by Crippen LogP contribution is -2.47. The molecule has 0 spiro atoms. The first-order chi connectivity index (χ1) is 9.61.